The van der Waals surface area contributed by atoms with E-state index in [9.17, 15) is 9.59 Å². The fourth-order valence-corrected chi connectivity index (χ4v) is 3.33. The molecule has 0 bridgehead atoms. The van der Waals surface area contributed by atoms with Gasteiger partial charge >= 0.3 is 0 Å². The summed E-state index contributed by atoms with van der Waals surface area (Å²) in [5.41, 5.74) is 3.86. The van der Waals surface area contributed by atoms with Crippen LogP contribution in [0.3, 0.4) is 0 Å². The minimum Gasteiger partial charge on any atom is -0.351 e. The van der Waals surface area contributed by atoms with E-state index in [1.807, 2.05) is 25.1 Å². The molecule has 0 spiro atoms. The summed E-state index contributed by atoms with van der Waals surface area (Å²) in [5, 5.41) is 6.38. The molecule has 5 aromatic rings. The Labute approximate surface area is 169 Å². The number of carbonyl (C=O) groups excluding carboxylic acids is 2. The molecule has 5 N–H and O–H groups in total. The number of fused-ring (bicyclic) bond motifs is 2. The molecule has 0 saturated carbocycles. The second-order valence-corrected chi connectivity index (χ2v) is 6.91. The number of rotatable bonds is 4. The lowest BCUT2D eigenvalue weighted by molar-refractivity contribution is 0.101. The number of imidazole rings is 2. The average molecular weight is 399 g/mol. The van der Waals surface area contributed by atoms with Gasteiger partial charge in [-0.1, -0.05) is 17.7 Å². The SMILES string of the molecule is Cc1ccc2[nH]c(C(=O)Nc3nc4c(C(=O)Nc5ncc[nH]5)cccc4[nH]3)cc2c1. The number of anilines is 2. The maximum absolute atomic E-state index is 12.7. The van der Waals surface area contributed by atoms with Crippen LogP contribution in [0, 0.1) is 6.92 Å². The molecular weight excluding hydrogens is 382 g/mol. The molecule has 0 unspecified atom stereocenters. The van der Waals surface area contributed by atoms with Gasteiger partial charge in [-0.05, 0) is 37.3 Å². The first-order valence-electron chi connectivity index (χ1n) is 9.27. The number of carbonyl (C=O) groups is 2. The summed E-state index contributed by atoms with van der Waals surface area (Å²) in [6.07, 6.45) is 3.16. The Bertz CT molecular complexity index is 1400. The summed E-state index contributed by atoms with van der Waals surface area (Å²) < 4.78 is 0. The van der Waals surface area contributed by atoms with Gasteiger partial charge in [-0.2, -0.15) is 0 Å². The highest BCUT2D eigenvalue weighted by atomic mass is 16.2. The Balaban J connectivity index is 1.42. The second-order valence-electron chi connectivity index (χ2n) is 6.91. The number of aromatic nitrogens is 5. The molecule has 0 atom stereocenters. The summed E-state index contributed by atoms with van der Waals surface area (Å²) in [6.45, 7) is 2.00. The van der Waals surface area contributed by atoms with Crippen molar-refractivity contribution in [3.05, 3.63) is 71.7 Å². The highest BCUT2D eigenvalue weighted by Crippen LogP contribution is 2.21. The molecule has 2 aromatic carbocycles. The number of benzene rings is 2. The molecule has 0 saturated heterocycles. The number of aryl methyl sites for hydroxylation is 1. The normalized spacial score (nSPS) is 11.1. The lowest BCUT2D eigenvalue weighted by atomic mass is 10.2. The number of nitrogens with one attached hydrogen (secondary N) is 5. The van der Waals surface area contributed by atoms with E-state index in [1.54, 1.807) is 36.7 Å². The lowest BCUT2D eigenvalue weighted by Crippen LogP contribution is -2.14. The van der Waals surface area contributed by atoms with Crippen LogP contribution in [0.5, 0.6) is 0 Å². The first kappa shape index (κ1) is 17.7. The van der Waals surface area contributed by atoms with Crippen molar-refractivity contribution in [1.29, 1.82) is 0 Å². The van der Waals surface area contributed by atoms with Crippen molar-refractivity contribution in [3.63, 3.8) is 0 Å². The number of H-pyrrole nitrogens is 3. The summed E-state index contributed by atoms with van der Waals surface area (Å²) in [7, 11) is 0. The molecular formula is C21H17N7O2. The Kier molecular flexibility index (Phi) is 4.06. The van der Waals surface area contributed by atoms with Crippen molar-refractivity contribution in [2.75, 3.05) is 10.6 Å². The number of amides is 2. The molecule has 3 heterocycles. The molecule has 148 valence electrons. The molecule has 9 nitrogen and oxygen atoms in total. The monoisotopic (exact) mass is 399 g/mol. The van der Waals surface area contributed by atoms with E-state index in [-0.39, 0.29) is 17.8 Å². The maximum Gasteiger partial charge on any atom is 0.274 e. The summed E-state index contributed by atoms with van der Waals surface area (Å²) >= 11 is 0. The third-order valence-electron chi connectivity index (χ3n) is 4.74. The van der Waals surface area contributed by atoms with E-state index < -0.39 is 0 Å². The van der Waals surface area contributed by atoms with Gasteiger partial charge in [0.25, 0.3) is 11.8 Å². The van der Waals surface area contributed by atoms with Gasteiger partial charge in [-0.25, -0.2) is 9.97 Å². The molecule has 3 aromatic heterocycles. The van der Waals surface area contributed by atoms with E-state index in [2.05, 4.69) is 35.6 Å². The highest BCUT2D eigenvalue weighted by molar-refractivity contribution is 6.12. The van der Waals surface area contributed by atoms with Crippen molar-refractivity contribution in [3.8, 4) is 0 Å². The van der Waals surface area contributed by atoms with Crippen LogP contribution in [-0.2, 0) is 0 Å². The molecule has 9 heteroatoms. The van der Waals surface area contributed by atoms with Gasteiger partial charge in [0, 0.05) is 23.3 Å². The fraction of sp³-hybridized carbons (Fsp3) is 0.0476. The average Bonchev–Trinajstić information content (AvgIpc) is 3.45. The lowest BCUT2D eigenvalue weighted by Gasteiger charge is -2.02. The van der Waals surface area contributed by atoms with Gasteiger partial charge < -0.3 is 15.0 Å². The van der Waals surface area contributed by atoms with E-state index in [1.165, 1.54) is 0 Å². The molecule has 0 aliphatic heterocycles. The van der Waals surface area contributed by atoms with E-state index >= 15 is 0 Å². The quantitative estimate of drug-likeness (QED) is 0.316. The largest absolute Gasteiger partial charge is 0.351 e. The summed E-state index contributed by atoms with van der Waals surface area (Å²) in [5.74, 6) is -0.0893. The minimum absolute atomic E-state index is 0.253. The minimum atomic E-state index is -0.356. The fourth-order valence-electron chi connectivity index (χ4n) is 3.33. The Morgan fingerprint density at radius 3 is 2.63 bits per heavy atom. The first-order chi connectivity index (χ1) is 14.6. The van der Waals surface area contributed by atoms with E-state index in [0.29, 0.717) is 28.2 Å². The number of nitrogens with zero attached hydrogens (tertiary/aromatic N) is 2. The van der Waals surface area contributed by atoms with Gasteiger partial charge in [-0.3, -0.25) is 20.2 Å². The van der Waals surface area contributed by atoms with E-state index in [0.717, 1.165) is 16.5 Å². The third kappa shape index (κ3) is 3.18. The number of hydrogen-bond acceptors (Lipinski definition) is 4. The topological polar surface area (TPSA) is 131 Å². The molecule has 0 radical (unpaired) electrons. The zero-order valence-electron chi connectivity index (χ0n) is 15.9. The zero-order valence-corrected chi connectivity index (χ0v) is 15.9. The highest BCUT2D eigenvalue weighted by Gasteiger charge is 2.17. The van der Waals surface area contributed by atoms with E-state index in [4.69, 9.17) is 0 Å². The van der Waals surface area contributed by atoms with Crippen LogP contribution in [0.2, 0.25) is 0 Å². The number of para-hydroxylation sites is 1. The molecule has 0 aliphatic rings. The molecule has 0 fully saturated rings. The standard InChI is InChI=1S/C21H17N7O2/c1-11-5-6-14-12(9-11)10-16(24-14)19(30)28-21-25-15-4-2-3-13(17(15)26-21)18(29)27-20-22-7-8-23-20/h2-10,24H,1H3,(H2,22,23,27,29)(H2,25,26,28,30). The predicted molar refractivity (Wildman–Crippen MR) is 114 cm³/mol. The molecule has 2 amide bonds. The van der Waals surface area contributed by atoms with Crippen molar-refractivity contribution in [1.82, 2.24) is 24.9 Å². The van der Waals surface area contributed by atoms with Crippen LogP contribution in [0.4, 0.5) is 11.9 Å². The summed E-state index contributed by atoms with van der Waals surface area (Å²) in [6, 6.07) is 12.9. The maximum atomic E-state index is 12.7. The van der Waals surface area contributed by atoms with Crippen molar-refractivity contribution in [2.45, 2.75) is 6.92 Å². The van der Waals surface area contributed by atoms with Crippen LogP contribution in [0.15, 0.2) is 54.9 Å². The Hall–Kier alpha value is -4.40. The predicted octanol–water partition coefficient (Wildman–Crippen LogP) is 3.58. The van der Waals surface area contributed by atoms with Gasteiger partial charge in [-0.15, -0.1) is 0 Å². The van der Waals surface area contributed by atoms with Crippen LogP contribution >= 0.6 is 0 Å². The van der Waals surface area contributed by atoms with Gasteiger partial charge in [0.2, 0.25) is 11.9 Å². The zero-order chi connectivity index (χ0) is 20.7. The van der Waals surface area contributed by atoms with Crippen LogP contribution in [-0.4, -0.2) is 36.7 Å². The smallest absolute Gasteiger partial charge is 0.274 e. The summed E-state index contributed by atoms with van der Waals surface area (Å²) in [4.78, 5) is 42.6. The number of hydrogen-bond donors (Lipinski definition) is 5. The Morgan fingerprint density at radius 2 is 1.80 bits per heavy atom. The van der Waals surface area contributed by atoms with Crippen LogP contribution < -0.4 is 10.6 Å². The number of aromatic amines is 3. The molecule has 0 aliphatic carbocycles. The Morgan fingerprint density at radius 1 is 0.933 bits per heavy atom. The van der Waals surface area contributed by atoms with Crippen LogP contribution in [0.1, 0.15) is 26.4 Å². The second kappa shape index (κ2) is 6.89. The van der Waals surface area contributed by atoms with Gasteiger partial charge in [0.15, 0.2) is 0 Å². The molecule has 5 rings (SSSR count). The molecule has 30 heavy (non-hydrogen) atoms. The van der Waals surface area contributed by atoms with Crippen LogP contribution in [0.25, 0.3) is 21.9 Å². The van der Waals surface area contributed by atoms with Crippen molar-refractivity contribution >= 4 is 45.6 Å². The van der Waals surface area contributed by atoms with Crippen molar-refractivity contribution < 1.29 is 9.59 Å². The van der Waals surface area contributed by atoms with Gasteiger partial charge in [0.05, 0.1) is 11.1 Å². The first-order valence-corrected chi connectivity index (χ1v) is 9.27. The van der Waals surface area contributed by atoms with Crippen molar-refractivity contribution in [2.24, 2.45) is 0 Å². The third-order valence-corrected chi connectivity index (χ3v) is 4.74. The van der Waals surface area contributed by atoms with Gasteiger partial charge in [0.1, 0.15) is 11.2 Å².